The van der Waals surface area contributed by atoms with Gasteiger partial charge in [-0.1, -0.05) is 23.7 Å². The van der Waals surface area contributed by atoms with Gasteiger partial charge in [0.2, 0.25) is 0 Å². The fraction of sp³-hybridized carbons (Fsp3) is 0.188. The van der Waals surface area contributed by atoms with Crippen molar-refractivity contribution in [2.45, 2.75) is 20.4 Å². The Morgan fingerprint density at radius 1 is 1.25 bits per heavy atom. The van der Waals surface area contributed by atoms with Crippen LogP contribution in [0.25, 0.3) is 0 Å². The molecule has 0 saturated heterocycles. The molecule has 1 amide bonds. The SMILES string of the molecule is Cc1cc(Cl)cc(C(=O)NCc2cccc(N)c2C)c1. The quantitative estimate of drug-likeness (QED) is 0.850. The predicted octanol–water partition coefficient (Wildman–Crippen LogP) is 3.47. The molecule has 0 radical (unpaired) electrons. The van der Waals surface area contributed by atoms with E-state index in [0.717, 1.165) is 22.4 Å². The number of hydrogen-bond donors (Lipinski definition) is 2. The third kappa shape index (κ3) is 3.31. The van der Waals surface area contributed by atoms with E-state index in [1.807, 2.05) is 44.2 Å². The van der Waals surface area contributed by atoms with Crippen molar-refractivity contribution in [3.05, 3.63) is 63.7 Å². The van der Waals surface area contributed by atoms with Gasteiger partial charge in [0.1, 0.15) is 0 Å². The van der Waals surface area contributed by atoms with E-state index in [1.54, 1.807) is 6.07 Å². The molecule has 2 aromatic rings. The summed E-state index contributed by atoms with van der Waals surface area (Å²) in [5, 5.41) is 3.45. The number of halogens is 1. The van der Waals surface area contributed by atoms with Crippen molar-refractivity contribution in [2.24, 2.45) is 0 Å². The highest BCUT2D eigenvalue weighted by Crippen LogP contribution is 2.17. The first kappa shape index (κ1) is 14.4. The van der Waals surface area contributed by atoms with Crippen molar-refractivity contribution < 1.29 is 4.79 Å². The van der Waals surface area contributed by atoms with E-state index in [1.165, 1.54) is 0 Å². The van der Waals surface area contributed by atoms with E-state index in [2.05, 4.69) is 5.32 Å². The Labute approximate surface area is 123 Å². The maximum atomic E-state index is 12.1. The molecule has 3 nitrogen and oxygen atoms in total. The Morgan fingerprint density at radius 3 is 2.70 bits per heavy atom. The molecular weight excluding hydrogens is 272 g/mol. The van der Waals surface area contributed by atoms with Crippen molar-refractivity contribution in [2.75, 3.05) is 5.73 Å². The summed E-state index contributed by atoms with van der Waals surface area (Å²) >= 11 is 5.96. The standard InChI is InChI=1S/C16H17ClN2O/c1-10-6-13(8-14(17)7-10)16(20)19-9-12-4-3-5-15(18)11(12)2/h3-8H,9,18H2,1-2H3,(H,19,20). The summed E-state index contributed by atoms with van der Waals surface area (Å²) < 4.78 is 0. The fourth-order valence-electron chi connectivity index (χ4n) is 2.04. The summed E-state index contributed by atoms with van der Waals surface area (Å²) in [6.45, 7) is 4.30. The van der Waals surface area contributed by atoms with Crippen molar-refractivity contribution in [1.29, 1.82) is 0 Å². The van der Waals surface area contributed by atoms with Crippen molar-refractivity contribution in [3.8, 4) is 0 Å². The van der Waals surface area contributed by atoms with Crippen LogP contribution in [0.5, 0.6) is 0 Å². The number of amides is 1. The Kier molecular flexibility index (Phi) is 4.30. The molecule has 3 N–H and O–H groups in total. The second-order valence-corrected chi connectivity index (χ2v) is 5.27. The van der Waals surface area contributed by atoms with Crippen LogP contribution < -0.4 is 11.1 Å². The Bertz CT molecular complexity index is 633. The van der Waals surface area contributed by atoms with Gasteiger partial charge in [0.05, 0.1) is 0 Å². The largest absolute Gasteiger partial charge is 0.399 e. The predicted molar refractivity (Wildman–Crippen MR) is 83.0 cm³/mol. The lowest BCUT2D eigenvalue weighted by Crippen LogP contribution is -2.23. The second kappa shape index (κ2) is 5.97. The van der Waals surface area contributed by atoms with E-state index in [-0.39, 0.29) is 5.91 Å². The Morgan fingerprint density at radius 2 is 2.00 bits per heavy atom. The number of rotatable bonds is 3. The zero-order chi connectivity index (χ0) is 14.7. The van der Waals surface area contributed by atoms with Gasteiger partial charge in [-0.25, -0.2) is 0 Å². The van der Waals surface area contributed by atoms with Gasteiger partial charge in [-0.05, 0) is 54.8 Å². The number of carbonyl (C=O) groups excluding carboxylic acids is 1. The topological polar surface area (TPSA) is 55.1 Å². The average molecular weight is 289 g/mol. The molecule has 20 heavy (non-hydrogen) atoms. The molecule has 0 aliphatic carbocycles. The zero-order valence-corrected chi connectivity index (χ0v) is 12.3. The number of aryl methyl sites for hydroxylation is 1. The molecule has 0 heterocycles. The van der Waals surface area contributed by atoms with E-state index >= 15 is 0 Å². The monoisotopic (exact) mass is 288 g/mol. The van der Waals surface area contributed by atoms with Crippen LogP contribution in [-0.4, -0.2) is 5.91 Å². The highest BCUT2D eigenvalue weighted by atomic mass is 35.5. The number of benzene rings is 2. The van der Waals surface area contributed by atoms with Gasteiger partial charge in [-0.2, -0.15) is 0 Å². The minimum atomic E-state index is -0.141. The van der Waals surface area contributed by atoms with Crippen LogP contribution in [-0.2, 0) is 6.54 Å². The summed E-state index contributed by atoms with van der Waals surface area (Å²) in [6, 6.07) is 11.0. The maximum Gasteiger partial charge on any atom is 0.251 e. The summed E-state index contributed by atoms with van der Waals surface area (Å²) in [6.07, 6.45) is 0. The van der Waals surface area contributed by atoms with Crippen molar-refractivity contribution in [1.82, 2.24) is 5.32 Å². The van der Waals surface area contributed by atoms with E-state index < -0.39 is 0 Å². The maximum absolute atomic E-state index is 12.1. The normalized spacial score (nSPS) is 10.3. The molecule has 0 spiro atoms. The highest BCUT2D eigenvalue weighted by Gasteiger charge is 2.08. The van der Waals surface area contributed by atoms with Crippen LogP contribution in [0.3, 0.4) is 0 Å². The van der Waals surface area contributed by atoms with E-state index in [9.17, 15) is 4.79 Å². The molecule has 0 fully saturated rings. The van der Waals surface area contributed by atoms with Crippen molar-refractivity contribution in [3.63, 3.8) is 0 Å². The molecule has 0 aliphatic rings. The molecule has 104 valence electrons. The van der Waals surface area contributed by atoms with Crippen LogP contribution in [0.2, 0.25) is 5.02 Å². The molecule has 0 aromatic heterocycles. The molecule has 0 unspecified atom stereocenters. The van der Waals surface area contributed by atoms with Gasteiger partial charge in [-0.15, -0.1) is 0 Å². The van der Waals surface area contributed by atoms with Crippen LogP contribution in [0.4, 0.5) is 5.69 Å². The van der Waals surface area contributed by atoms with Gasteiger partial charge in [0.25, 0.3) is 5.91 Å². The number of nitrogen functional groups attached to an aromatic ring is 1. The minimum Gasteiger partial charge on any atom is -0.399 e. The van der Waals surface area contributed by atoms with Gasteiger partial charge < -0.3 is 11.1 Å². The van der Waals surface area contributed by atoms with Gasteiger partial charge in [-0.3, -0.25) is 4.79 Å². The van der Waals surface area contributed by atoms with Crippen molar-refractivity contribution >= 4 is 23.2 Å². The first-order valence-electron chi connectivity index (χ1n) is 6.36. The van der Waals surface area contributed by atoms with Crippen LogP contribution in [0, 0.1) is 13.8 Å². The molecule has 0 atom stereocenters. The molecule has 0 saturated carbocycles. The molecule has 0 bridgehead atoms. The van der Waals surface area contributed by atoms with Gasteiger partial charge >= 0.3 is 0 Å². The molecular formula is C16H17ClN2O. The lowest BCUT2D eigenvalue weighted by atomic mass is 10.1. The lowest BCUT2D eigenvalue weighted by molar-refractivity contribution is 0.0951. The highest BCUT2D eigenvalue weighted by molar-refractivity contribution is 6.31. The Balaban J connectivity index is 2.10. The van der Waals surface area contributed by atoms with Crippen LogP contribution >= 0.6 is 11.6 Å². The average Bonchev–Trinajstić information content (AvgIpc) is 2.39. The number of carbonyl (C=O) groups is 1. The van der Waals surface area contributed by atoms with Crippen LogP contribution in [0.15, 0.2) is 36.4 Å². The minimum absolute atomic E-state index is 0.141. The second-order valence-electron chi connectivity index (χ2n) is 4.83. The molecule has 4 heteroatoms. The Hall–Kier alpha value is -2.00. The first-order chi connectivity index (χ1) is 9.47. The molecule has 2 rings (SSSR count). The number of nitrogens with one attached hydrogen (secondary N) is 1. The molecule has 0 aliphatic heterocycles. The van der Waals surface area contributed by atoms with E-state index in [0.29, 0.717) is 17.1 Å². The smallest absolute Gasteiger partial charge is 0.251 e. The third-order valence-electron chi connectivity index (χ3n) is 3.23. The van der Waals surface area contributed by atoms with Crippen LogP contribution in [0.1, 0.15) is 27.0 Å². The van der Waals surface area contributed by atoms with Gasteiger partial charge in [0.15, 0.2) is 0 Å². The zero-order valence-electron chi connectivity index (χ0n) is 11.5. The fourth-order valence-corrected chi connectivity index (χ4v) is 2.33. The van der Waals surface area contributed by atoms with E-state index in [4.69, 9.17) is 17.3 Å². The summed E-state index contributed by atoms with van der Waals surface area (Å²) in [5.74, 6) is -0.141. The number of hydrogen-bond acceptors (Lipinski definition) is 2. The number of nitrogens with two attached hydrogens (primary N) is 1. The first-order valence-corrected chi connectivity index (χ1v) is 6.74. The summed E-state index contributed by atoms with van der Waals surface area (Å²) in [5.41, 5.74) is 10.1. The summed E-state index contributed by atoms with van der Waals surface area (Å²) in [7, 11) is 0. The summed E-state index contributed by atoms with van der Waals surface area (Å²) in [4.78, 5) is 12.1. The number of anilines is 1. The third-order valence-corrected chi connectivity index (χ3v) is 3.45. The molecule has 2 aromatic carbocycles. The van der Waals surface area contributed by atoms with Gasteiger partial charge in [0, 0.05) is 22.8 Å². The lowest BCUT2D eigenvalue weighted by Gasteiger charge is -2.10.